The Labute approximate surface area is 160 Å². The molecule has 1 fully saturated rings. The van der Waals surface area contributed by atoms with Crippen molar-refractivity contribution in [2.75, 3.05) is 20.2 Å². The number of carboxylic acids is 1. The average molecular weight is 391 g/mol. The maximum Gasteiger partial charge on any atom is 0.335 e. The van der Waals surface area contributed by atoms with Crippen LogP contribution in [0.2, 0.25) is 0 Å². The second-order valence-corrected chi connectivity index (χ2v) is 6.67. The van der Waals surface area contributed by atoms with E-state index in [4.69, 9.17) is 9.84 Å². The lowest BCUT2D eigenvalue weighted by Crippen LogP contribution is -2.50. The Kier molecular flexibility index (Phi) is 5.33. The van der Waals surface area contributed by atoms with Crippen molar-refractivity contribution in [3.05, 3.63) is 53.6 Å². The van der Waals surface area contributed by atoms with Crippen LogP contribution in [0.15, 0.2) is 36.4 Å². The number of hydrogen-bond donors (Lipinski definition) is 2. The van der Waals surface area contributed by atoms with Gasteiger partial charge in [0.05, 0.1) is 12.7 Å². The van der Waals surface area contributed by atoms with Crippen molar-refractivity contribution in [1.82, 2.24) is 4.90 Å². The summed E-state index contributed by atoms with van der Waals surface area (Å²) in [5.74, 6) is -3.00. The van der Waals surface area contributed by atoms with Gasteiger partial charge in [-0.1, -0.05) is 6.07 Å². The number of methoxy groups -OCH3 is 1. The van der Waals surface area contributed by atoms with Crippen LogP contribution in [0.25, 0.3) is 11.1 Å². The van der Waals surface area contributed by atoms with E-state index in [2.05, 4.69) is 0 Å². The van der Waals surface area contributed by atoms with E-state index in [9.17, 15) is 23.5 Å². The molecular formula is C20H19F2NO5. The van der Waals surface area contributed by atoms with E-state index in [0.29, 0.717) is 5.75 Å². The molecule has 0 aromatic heterocycles. The number of likely N-dealkylation sites (tertiary alicyclic amines) is 1. The minimum absolute atomic E-state index is 0.00403. The first kappa shape index (κ1) is 19.8. The summed E-state index contributed by atoms with van der Waals surface area (Å²) < 4.78 is 33.7. The van der Waals surface area contributed by atoms with Crippen molar-refractivity contribution < 1.29 is 33.3 Å². The first-order chi connectivity index (χ1) is 13.2. The summed E-state index contributed by atoms with van der Waals surface area (Å²) in [5.41, 5.74) is -1.62. The Morgan fingerprint density at radius 1 is 1.07 bits per heavy atom. The van der Waals surface area contributed by atoms with Crippen LogP contribution >= 0.6 is 0 Å². The van der Waals surface area contributed by atoms with Gasteiger partial charge < -0.3 is 19.8 Å². The number of carboxylic acid groups (broad SMARTS) is 1. The molecule has 28 heavy (non-hydrogen) atoms. The highest BCUT2D eigenvalue weighted by Crippen LogP contribution is 2.29. The molecule has 2 aromatic carbocycles. The highest BCUT2D eigenvalue weighted by Gasteiger charge is 2.40. The third kappa shape index (κ3) is 3.68. The zero-order chi connectivity index (χ0) is 20.5. The lowest BCUT2D eigenvalue weighted by atomic mass is 9.91. The van der Waals surface area contributed by atoms with Crippen molar-refractivity contribution in [2.45, 2.75) is 18.4 Å². The molecule has 0 unspecified atom stereocenters. The number of halogens is 2. The molecule has 6 nitrogen and oxygen atoms in total. The first-order valence-corrected chi connectivity index (χ1v) is 8.64. The number of piperidine rings is 1. The summed E-state index contributed by atoms with van der Waals surface area (Å²) in [6, 6.07) is 7.99. The van der Waals surface area contributed by atoms with E-state index in [1.165, 1.54) is 36.3 Å². The van der Waals surface area contributed by atoms with Crippen LogP contribution in [0.4, 0.5) is 8.78 Å². The Hall–Kier alpha value is -3.00. The fourth-order valence-electron chi connectivity index (χ4n) is 3.18. The molecule has 3 rings (SSSR count). The van der Waals surface area contributed by atoms with Crippen LogP contribution in [0.3, 0.4) is 0 Å². The molecule has 148 valence electrons. The number of nitrogens with zero attached hydrogens (tertiary/aromatic N) is 1. The van der Waals surface area contributed by atoms with Crippen LogP contribution in [0, 0.1) is 11.6 Å². The first-order valence-electron chi connectivity index (χ1n) is 8.64. The van der Waals surface area contributed by atoms with E-state index in [0.717, 1.165) is 6.07 Å². The average Bonchev–Trinajstić information content (AvgIpc) is 2.67. The number of aliphatic hydroxyl groups is 1. The van der Waals surface area contributed by atoms with Gasteiger partial charge in [0.2, 0.25) is 0 Å². The molecule has 2 N–H and O–H groups in total. The molecule has 1 aliphatic rings. The monoisotopic (exact) mass is 391 g/mol. The quantitative estimate of drug-likeness (QED) is 0.837. The van der Waals surface area contributed by atoms with Gasteiger partial charge in [0, 0.05) is 37.6 Å². The number of carbonyl (C=O) groups excluding carboxylic acids is 1. The molecular weight excluding hydrogens is 372 g/mol. The van der Waals surface area contributed by atoms with Crippen LogP contribution in [-0.2, 0) is 4.79 Å². The number of carbonyl (C=O) groups is 2. The van der Waals surface area contributed by atoms with Crippen molar-refractivity contribution in [1.29, 1.82) is 0 Å². The van der Waals surface area contributed by atoms with Crippen LogP contribution in [0.1, 0.15) is 23.2 Å². The molecule has 0 bridgehead atoms. The normalized spacial score (nSPS) is 15.9. The number of aliphatic carboxylic acids is 1. The predicted octanol–water partition coefficient (Wildman–Crippen LogP) is 2.69. The number of rotatable bonds is 4. The molecule has 0 atom stereocenters. The maximum atomic E-state index is 14.6. The van der Waals surface area contributed by atoms with E-state index < -0.39 is 29.1 Å². The predicted molar refractivity (Wildman–Crippen MR) is 96.1 cm³/mol. The Bertz CT molecular complexity index is 923. The van der Waals surface area contributed by atoms with Crippen LogP contribution in [-0.4, -0.2) is 52.8 Å². The topological polar surface area (TPSA) is 87.1 Å². The molecule has 0 aliphatic carbocycles. The minimum atomic E-state index is -1.87. The lowest BCUT2D eigenvalue weighted by molar-refractivity contribution is -0.162. The highest BCUT2D eigenvalue weighted by atomic mass is 19.1. The molecule has 1 heterocycles. The van der Waals surface area contributed by atoms with Gasteiger partial charge in [-0.25, -0.2) is 13.6 Å². The Balaban J connectivity index is 1.79. The van der Waals surface area contributed by atoms with Crippen molar-refractivity contribution >= 4 is 11.9 Å². The zero-order valence-electron chi connectivity index (χ0n) is 15.1. The lowest BCUT2D eigenvalue weighted by Gasteiger charge is -2.35. The summed E-state index contributed by atoms with van der Waals surface area (Å²) in [6.45, 7) is -0.00807. The number of benzene rings is 2. The van der Waals surface area contributed by atoms with Crippen molar-refractivity contribution in [2.24, 2.45) is 0 Å². The molecule has 0 spiro atoms. The van der Waals surface area contributed by atoms with Gasteiger partial charge in [-0.3, -0.25) is 4.79 Å². The van der Waals surface area contributed by atoms with Gasteiger partial charge in [0.15, 0.2) is 5.60 Å². The summed E-state index contributed by atoms with van der Waals surface area (Å²) >= 11 is 0. The van der Waals surface area contributed by atoms with Crippen molar-refractivity contribution in [3.63, 3.8) is 0 Å². The molecule has 2 aromatic rings. The highest BCUT2D eigenvalue weighted by molar-refractivity contribution is 5.95. The van der Waals surface area contributed by atoms with E-state index >= 15 is 0 Å². The zero-order valence-corrected chi connectivity index (χ0v) is 15.1. The maximum absolute atomic E-state index is 14.6. The van der Waals surface area contributed by atoms with Gasteiger partial charge in [0.25, 0.3) is 5.91 Å². The molecule has 1 saturated heterocycles. The van der Waals surface area contributed by atoms with Gasteiger partial charge in [-0.2, -0.15) is 0 Å². The van der Waals surface area contributed by atoms with E-state index in [-0.39, 0.29) is 42.6 Å². The fraction of sp³-hybridized carbons (Fsp3) is 0.300. The summed E-state index contributed by atoms with van der Waals surface area (Å²) in [5, 5.41) is 19.0. The number of hydrogen-bond acceptors (Lipinski definition) is 4. The van der Waals surface area contributed by atoms with Gasteiger partial charge in [0.1, 0.15) is 17.4 Å². The van der Waals surface area contributed by atoms with Gasteiger partial charge in [-0.15, -0.1) is 0 Å². The number of ether oxygens (including phenoxy) is 1. The SMILES string of the molecule is COc1ccc(-c2ccc(C(=O)N3CCC(O)(C(=O)O)CC3)c(F)c2)c(F)c1. The largest absolute Gasteiger partial charge is 0.497 e. The standard InChI is InChI=1S/C20H19F2NO5/c1-28-13-3-5-14(17(22)11-13)12-2-4-15(16(21)10-12)18(24)23-8-6-20(27,7-9-23)19(25)26/h2-5,10-11,27H,6-9H2,1H3,(H,25,26). The molecule has 0 radical (unpaired) electrons. The molecule has 0 saturated carbocycles. The van der Waals surface area contributed by atoms with Crippen LogP contribution < -0.4 is 4.74 Å². The fourth-order valence-corrected chi connectivity index (χ4v) is 3.18. The van der Waals surface area contributed by atoms with E-state index in [1.54, 1.807) is 6.07 Å². The number of amides is 1. The Morgan fingerprint density at radius 3 is 2.29 bits per heavy atom. The van der Waals surface area contributed by atoms with E-state index in [1.807, 2.05) is 0 Å². The molecule has 1 amide bonds. The molecule has 8 heteroatoms. The smallest absolute Gasteiger partial charge is 0.335 e. The van der Waals surface area contributed by atoms with Gasteiger partial charge in [-0.05, 0) is 29.8 Å². The third-order valence-corrected chi connectivity index (χ3v) is 4.96. The second-order valence-electron chi connectivity index (χ2n) is 6.67. The van der Waals surface area contributed by atoms with Gasteiger partial charge >= 0.3 is 5.97 Å². The Morgan fingerprint density at radius 2 is 1.75 bits per heavy atom. The summed E-state index contributed by atoms with van der Waals surface area (Å²) in [4.78, 5) is 24.9. The summed E-state index contributed by atoms with van der Waals surface area (Å²) in [7, 11) is 1.41. The summed E-state index contributed by atoms with van der Waals surface area (Å²) in [6.07, 6.45) is -0.268. The third-order valence-electron chi connectivity index (χ3n) is 4.96. The van der Waals surface area contributed by atoms with Crippen molar-refractivity contribution in [3.8, 4) is 16.9 Å². The minimum Gasteiger partial charge on any atom is -0.497 e. The molecule has 1 aliphatic heterocycles. The second kappa shape index (κ2) is 7.55. The van der Waals surface area contributed by atoms with Crippen LogP contribution in [0.5, 0.6) is 5.75 Å².